The zero-order valence-corrected chi connectivity index (χ0v) is 16.3. The van der Waals surface area contributed by atoms with E-state index in [1.54, 1.807) is 30.3 Å². The minimum Gasteiger partial charge on any atom is -0.352 e. The molecule has 0 unspecified atom stereocenters. The number of carbonyl (C=O) groups is 1. The van der Waals surface area contributed by atoms with Gasteiger partial charge in [0.05, 0.1) is 5.52 Å². The van der Waals surface area contributed by atoms with Crippen LogP contribution in [-0.2, 0) is 4.79 Å². The van der Waals surface area contributed by atoms with Crippen LogP contribution in [0.2, 0.25) is 5.02 Å². The fourth-order valence-electron chi connectivity index (χ4n) is 3.59. The third-order valence-corrected chi connectivity index (χ3v) is 5.41. The van der Waals surface area contributed by atoms with Crippen molar-refractivity contribution in [2.24, 2.45) is 0 Å². The summed E-state index contributed by atoms with van der Waals surface area (Å²) in [6.07, 6.45) is 2.03. The second kappa shape index (κ2) is 7.72. The van der Waals surface area contributed by atoms with E-state index in [1.807, 2.05) is 11.8 Å². The van der Waals surface area contributed by atoms with Crippen molar-refractivity contribution >= 4 is 34.2 Å². The first-order chi connectivity index (χ1) is 13.6. The third kappa shape index (κ3) is 3.40. The van der Waals surface area contributed by atoms with Crippen LogP contribution in [-0.4, -0.2) is 47.0 Å². The molecule has 2 aromatic carbocycles. The summed E-state index contributed by atoms with van der Waals surface area (Å²) in [4.78, 5) is 24.7. The van der Waals surface area contributed by atoms with Gasteiger partial charge >= 0.3 is 0 Å². The van der Waals surface area contributed by atoms with Crippen LogP contribution in [0.1, 0.15) is 13.3 Å². The number of anilines is 1. The van der Waals surface area contributed by atoms with Crippen LogP contribution in [0.25, 0.3) is 22.0 Å². The topological polar surface area (TPSA) is 49.3 Å². The van der Waals surface area contributed by atoms with Gasteiger partial charge in [0.1, 0.15) is 18.0 Å². The summed E-state index contributed by atoms with van der Waals surface area (Å²) in [5.41, 5.74) is 1.76. The van der Waals surface area contributed by atoms with Gasteiger partial charge in [0.25, 0.3) is 0 Å². The average Bonchev–Trinajstić information content (AvgIpc) is 2.73. The summed E-state index contributed by atoms with van der Waals surface area (Å²) in [6, 6.07) is 10.2. The number of nitrogens with zero attached hydrogens (tertiary/aromatic N) is 4. The van der Waals surface area contributed by atoms with Crippen LogP contribution < -0.4 is 4.90 Å². The molecule has 3 aromatic rings. The molecule has 144 valence electrons. The van der Waals surface area contributed by atoms with Gasteiger partial charge in [-0.1, -0.05) is 36.7 Å². The molecule has 5 nitrogen and oxygen atoms in total. The SMILES string of the molecule is CCC(=O)N1CCN(c2ncnc3cc(-c4ccccc4F)c(Cl)cc23)CC1. The van der Waals surface area contributed by atoms with Gasteiger partial charge in [0, 0.05) is 54.1 Å². The molecule has 0 aliphatic carbocycles. The average molecular weight is 399 g/mol. The number of hydrogen-bond donors (Lipinski definition) is 0. The molecule has 1 aromatic heterocycles. The largest absolute Gasteiger partial charge is 0.352 e. The number of fused-ring (bicyclic) bond motifs is 1. The van der Waals surface area contributed by atoms with Crippen molar-refractivity contribution in [3.63, 3.8) is 0 Å². The van der Waals surface area contributed by atoms with Crippen molar-refractivity contribution in [1.29, 1.82) is 0 Å². The van der Waals surface area contributed by atoms with E-state index in [9.17, 15) is 9.18 Å². The van der Waals surface area contributed by atoms with E-state index in [0.717, 1.165) is 11.2 Å². The Morgan fingerprint density at radius 3 is 2.57 bits per heavy atom. The molecule has 2 heterocycles. The van der Waals surface area contributed by atoms with Gasteiger partial charge in [0.15, 0.2) is 0 Å². The number of aromatic nitrogens is 2. The van der Waals surface area contributed by atoms with Crippen LogP contribution in [0.15, 0.2) is 42.7 Å². The van der Waals surface area contributed by atoms with Gasteiger partial charge in [-0.25, -0.2) is 14.4 Å². The summed E-state index contributed by atoms with van der Waals surface area (Å²) in [5.74, 6) is 0.634. The molecule has 0 radical (unpaired) electrons. The highest BCUT2D eigenvalue weighted by Gasteiger charge is 2.23. The Hall–Kier alpha value is -2.73. The maximum absolute atomic E-state index is 14.2. The maximum atomic E-state index is 14.2. The maximum Gasteiger partial charge on any atom is 0.222 e. The Morgan fingerprint density at radius 1 is 1.11 bits per heavy atom. The lowest BCUT2D eigenvalue weighted by Crippen LogP contribution is -2.48. The Morgan fingerprint density at radius 2 is 1.86 bits per heavy atom. The number of hydrogen-bond acceptors (Lipinski definition) is 4. The molecule has 0 saturated carbocycles. The van der Waals surface area contributed by atoms with E-state index < -0.39 is 0 Å². The Bertz CT molecular complexity index is 1030. The number of carbonyl (C=O) groups excluding carboxylic acids is 1. The van der Waals surface area contributed by atoms with Gasteiger partial charge in [-0.05, 0) is 18.2 Å². The van der Waals surface area contributed by atoms with Crippen molar-refractivity contribution in [1.82, 2.24) is 14.9 Å². The Labute approximate surface area is 167 Å². The van der Waals surface area contributed by atoms with Gasteiger partial charge in [-0.15, -0.1) is 0 Å². The summed E-state index contributed by atoms with van der Waals surface area (Å²) in [6.45, 7) is 4.61. The molecule has 0 atom stereocenters. The predicted molar refractivity (Wildman–Crippen MR) is 109 cm³/mol. The van der Waals surface area contributed by atoms with E-state index in [1.165, 1.54) is 12.4 Å². The number of benzene rings is 2. The first-order valence-corrected chi connectivity index (χ1v) is 9.68. The van der Waals surface area contributed by atoms with Gasteiger partial charge < -0.3 is 9.80 Å². The highest BCUT2D eigenvalue weighted by molar-refractivity contribution is 6.34. The molecule has 1 saturated heterocycles. The van der Waals surface area contributed by atoms with Crippen molar-refractivity contribution in [2.75, 3.05) is 31.1 Å². The monoisotopic (exact) mass is 398 g/mol. The zero-order valence-electron chi connectivity index (χ0n) is 15.5. The molecular formula is C21H20ClFN4O. The quantitative estimate of drug-likeness (QED) is 0.665. The smallest absolute Gasteiger partial charge is 0.222 e. The van der Waals surface area contributed by atoms with Crippen molar-refractivity contribution < 1.29 is 9.18 Å². The second-order valence-corrected chi connectivity index (χ2v) is 7.15. The third-order valence-electron chi connectivity index (χ3n) is 5.10. The number of halogens is 2. The standard InChI is InChI=1S/C21H20ClFN4O/c1-2-20(28)26-7-9-27(10-8-26)21-16-11-17(22)15(12-19(16)24-13-25-21)14-5-3-4-6-18(14)23/h3-6,11-13H,2,7-10H2,1H3. The summed E-state index contributed by atoms with van der Waals surface area (Å²) >= 11 is 6.51. The lowest BCUT2D eigenvalue weighted by molar-refractivity contribution is -0.131. The first kappa shape index (κ1) is 18.6. The molecular weight excluding hydrogens is 379 g/mol. The highest BCUT2D eigenvalue weighted by Crippen LogP contribution is 2.35. The van der Waals surface area contributed by atoms with Crippen molar-refractivity contribution in [2.45, 2.75) is 13.3 Å². The fraction of sp³-hybridized carbons (Fsp3) is 0.286. The lowest BCUT2D eigenvalue weighted by Gasteiger charge is -2.35. The van der Waals surface area contributed by atoms with E-state index in [-0.39, 0.29) is 11.7 Å². The summed E-state index contributed by atoms with van der Waals surface area (Å²) in [7, 11) is 0. The molecule has 4 rings (SSSR count). The zero-order chi connectivity index (χ0) is 19.7. The molecule has 28 heavy (non-hydrogen) atoms. The fourth-order valence-corrected chi connectivity index (χ4v) is 3.86. The van der Waals surface area contributed by atoms with Crippen molar-refractivity contribution in [3.8, 4) is 11.1 Å². The van der Waals surface area contributed by atoms with Crippen LogP contribution in [0, 0.1) is 5.82 Å². The number of amides is 1. The van der Waals surface area contributed by atoms with Crippen LogP contribution in [0.5, 0.6) is 0 Å². The van der Waals surface area contributed by atoms with Crippen LogP contribution in [0.3, 0.4) is 0 Å². The van der Waals surface area contributed by atoms with Gasteiger partial charge in [-0.2, -0.15) is 0 Å². The molecule has 0 bridgehead atoms. The molecule has 0 N–H and O–H groups in total. The molecule has 1 amide bonds. The minimum atomic E-state index is -0.324. The molecule has 1 aliphatic heterocycles. The normalized spacial score (nSPS) is 14.5. The molecule has 7 heteroatoms. The van der Waals surface area contributed by atoms with E-state index >= 15 is 0 Å². The van der Waals surface area contributed by atoms with Crippen LogP contribution >= 0.6 is 11.6 Å². The number of piperazine rings is 1. The minimum absolute atomic E-state index is 0.171. The van der Waals surface area contributed by atoms with Crippen molar-refractivity contribution in [3.05, 3.63) is 53.6 Å². The number of rotatable bonds is 3. The Kier molecular flexibility index (Phi) is 5.13. The highest BCUT2D eigenvalue weighted by atomic mass is 35.5. The van der Waals surface area contributed by atoms with Crippen LogP contribution in [0.4, 0.5) is 10.2 Å². The van der Waals surface area contributed by atoms with E-state index in [4.69, 9.17) is 11.6 Å². The summed E-state index contributed by atoms with van der Waals surface area (Å²) < 4.78 is 14.2. The van der Waals surface area contributed by atoms with Gasteiger partial charge in [0.2, 0.25) is 5.91 Å². The lowest BCUT2D eigenvalue weighted by atomic mass is 10.0. The van der Waals surface area contributed by atoms with E-state index in [2.05, 4.69) is 14.9 Å². The molecule has 1 fully saturated rings. The first-order valence-electron chi connectivity index (χ1n) is 9.30. The molecule has 0 spiro atoms. The molecule has 1 aliphatic rings. The predicted octanol–water partition coefficient (Wildman–Crippen LogP) is 4.15. The second-order valence-electron chi connectivity index (χ2n) is 6.75. The Balaban J connectivity index is 1.69. The summed E-state index contributed by atoms with van der Waals surface area (Å²) in [5, 5.41) is 1.27. The van der Waals surface area contributed by atoms with Gasteiger partial charge in [-0.3, -0.25) is 4.79 Å². The van der Waals surface area contributed by atoms with E-state index in [0.29, 0.717) is 54.3 Å².